The number of hydrogen-bond donors (Lipinski definition) is 1. The summed E-state index contributed by atoms with van der Waals surface area (Å²) in [6.45, 7) is 3.91. The van der Waals surface area contributed by atoms with Gasteiger partial charge in [-0.2, -0.15) is 0 Å². The van der Waals surface area contributed by atoms with Crippen molar-refractivity contribution in [1.82, 2.24) is 5.32 Å². The van der Waals surface area contributed by atoms with Crippen molar-refractivity contribution in [2.75, 3.05) is 0 Å². The lowest BCUT2D eigenvalue weighted by Crippen LogP contribution is -2.43. The van der Waals surface area contributed by atoms with Gasteiger partial charge >= 0.3 is 6.09 Å². The molecule has 114 valence electrons. The maximum Gasteiger partial charge on any atom is 0.408 e. The van der Waals surface area contributed by atoms with E-state index in [-0.39, 0.29) is 12.5 Å². The molecule has 0 radical (unpaired) electrons. The van der Waals surface area contributed by atoms with E-state index in [0.717, 1.165) is 5.56 Å². The number of nitrogens with one attached hydrogen (secondary N) is 1. The van der Waals surface area contributed by atoms with Crippen molar-refractivity contribution < 1.29 is 19.1 Å². The average Bonchev–Trinajstić information content (AvgIpc) is 2.44. The van der Waals surface area contributed by atoms with Gasteiger partial charge in [-0.25, -0.2) is 4.79 Å². The highest BCUT2D eigenvalue weighted by atomic mass is 79.9. The molecule has 0 aliphatic carbocycles. The molecule has 21 heavy (non-hydrogen) atoms. The van der Waals surface area contributed by atoms with Gasteiger partial charge in [-0.1, -0.05) is 44.2 Å². The number of carbonyl (C=O) groups is 3. The van der Waals surface area contributed by atoms with Crippen molar-refractivity contribution >= 4 is 32.5 Å². The number of ketones is 1. The fourth-order valence-electron chi connectivity index (χ4n) is 1.75. The van der Waals surface area contributed by atoms with Gasteiger partial charge in [0.25, 0.3) is 4.69 Å². The summed E-state index contributed by atoms with van der Waals surface area (Å²) in [6.07, 6.45) is -0.344. The second kappa shape index (κ2) is 8.56. The van der Waals surface area contributed by atoms with Gasteiger partial charge in [0.05, 0.1) is 6.04 Å². The van der Waals surface area contributed by atoms with Crippen molar-refractivity contribution in [3.8, 4) is 0 Å². The second-order valence-corrected chi connectivity index (χ2v) is 5.75. The topological polar surface area (TPSA) is 72.5 Å². The molecule has 5 nitrogen and oxygen atoms in total. The van der Waals surface area contributed by atoms with Crippen LogP contribution in [-0.4, -0.2) is 22.6 Å². The minimum absolute atomic E-state index is 0.109. The van der Waals surface area contributed by atoms with Gasteiger partial charge in [-0.05, 0) is 17.9 Å². The van der Waals surface area contributed by atoms with E-state index in [0.29, 0.717) is 6.42 Å². The molecule has 0 aliphatic heterocycles. The summed E-state index contributed by atoms with van der Waals surface area (Å²) in [6, 6.07) is 8.32. The van der Waals surface area contributed by atoms with Gasteiger partial charge in [-0.15, -0.1) is 0 Å². The third-order valence-electron chi connectivity index (χ3n) is 2.72. The van der Waals surface area contributed by atoms with Gasteiger partial charge in [0, 0.05) is 15.9 Å². The predicted octanol–water partition coefficient (Wildman–Crippen LogP) is 2.82. The van der Waals surface area contributed by atoms with Crippen molar-refractivity contribution in [3.05, 3.63) is 35.9 Å². The van der Waals surface area contributed by atoms with Crippen LogP contribution in [0.25, 0.3) is 0 Å². The summed E-state index contributed by atoms with van der Waals surface area (Å²) < 4.78 is 4.29. The molecule has 0 aromatic heterocycles. The van der Waals surface area contributed by atoms with Crippen molar-refractivity contribution in [2.24, 2.45) is 5.92 Å². The first-order valence-electron chi connectivity index (χ1n) is 6.61. The van der Waals surface area contributed by atoms with Crippen LogP contribution in [-0.2, 0) is 20.9 Å². The number of halogens is 1. The Morgan fingerprint density at radius 1 is 1.19 bits per heavy atom. The number of Topliss-reactive ketones (excluding diaryl/α,β-unsaturated/α-hetero) is 1. The highest BCUT2D eigenvalue weighted by molar-refractivity contribution is 9.19. The SMILES string of the molecule is CC(C)CC(NC(=O)OCc1ccccc1)C(=O)C(=O)Br. The Bertz CT molecular complexity index is 502. The highest BCUT2D eigenvalue weighted by Gasteiger charge is 2.26. The average molecular weight is 356 g/mol. The molecule has 1 aromatic rings. The maximum atomic E-state index is 11.7. The number of ether oxygens (including phenoxy) is 1. The molecule has 1 amide bonds. The molecule has 0 spiro atoms. The van der Waals surface area contributed by atoms with Gasteiger partial charge < -0.3 is 10.1 Å². The first-order valence-corrected chi connectivity index (χ1v) is 7.40. The molecule has 0 heterocycles. The molecule has 0 fully saturated rings. The first-order chi connectivity index (χ1) is 9.90. The molecule has 1 atom stereocenters. The van der Waals surface area contributed by atoms with Crippen molar-refractivity contribution in [1.29, 1.82) is 0 Å². The zero-order valence-electron chi connectivity index (χ0n) is 12.0. The van der Waals surface area contributed by atoms with Crippen molar-refractivity contribution in [2.45, 2.75) is 32.9 Å². The molecular formula is C15H18BrNO4. The van der Waals surface area contributed by atoms with E-state index < -0.39 is 22.6 Å². The van der Waals surface area contributed by atoms with Gasteiger partial charge in [0.2, 0.25) is 5.78 Å². The number of amides is 1. The molecule has 1 rings (SSSR count). The molecule has 1 N–H and O–H groups in total. The van der Waals surface area contributed by atoms with E-state index in [1.54, 1.807) is 0 Å². The Labute approximate surface area is 132 Å². The number of alkyl carbamates (subject to hydrolysis) is 1. The fraction of sp³-hybridized carbons (Fsp3) is 0.400. The first kappa shape index (κ1) is 17.4. The Kier molecular flexibility index (Phi) is 7.08. The van der Waals surface area contributed by atoms with Crippen LogP contribution in [0.3, 0.4) is 0 Å². The van der Waals surface area contributed by atoms with E-state index >= 15 is 0 Å². The van der Waals surface area contributed by atoms with Crippen LogP contribution in [0.5, 0.6) is 0 Å². The van der Waals surface area contributed by atoms with E-state index in [1.807, 2.05) is 44.2 Å². The number of benzene rings is 1. The standard InChI is InChI=1S/C15H18BrNO4/c1-10(2)8-12(13(18)14(16)19)17-15(20)21-9-11-6-4-3-5-7-11/h3-7,10,12H,8-9H2,1-2H3,(H,17,20). The smallest absolute Gasteiger partial charge is 0.408 e. The summed E-state index contributed by atoms with van der Waals surface area (Å²) in [7, 11) is 0. The summed E-state index contributed by atoms with van der Waals surface area (Å²) >= 11 is 2.62. The minimum atomic E-state index is -0.875. The van der Waals surface area contributed by atoms with Crippen LogP contribution >= 0.6 is 15.9 Å². The molecule has 0 saturated carbocycles. The van der Waals surface area contributed by atoms with Crippen LogP contribution < -0.4 is 5.32 Å². The summed E-state index contributed by atoms with van der Waals surface area (Å²) in [5.41, 5.74) is 0.843. The molecule has 0 saturated heterocycles. The third-order valence-corrected chi connectivity index (χ3v) is 3.11. The third kappa shape index (κ3) is 6.53. The van der Waals surface area contributed by atoms with Gasteiger partial charge in [-0.3, -0.25) is 9.59 Å². The van der Waals surface area contributed by atoms with E-state index in [4.69, 9.17) is 4.74 Å². The Morgan fingerprint density at radius 3 is 2.33 bits per heavy atom. The van der Waals surface area contributed by atoms with Crippen LogP contribution in [0.2, 0.25) is 0 Å². The molecule has 0 aliphatic rings. The summed E-state index contributed by atoms with van der Waals surface area (Å²) in [5, 5.41) is 2.44. The van der Waals surface area contributed by atoms with Gasteiger partial charge in [0.1, 0.15) is 6.61 Å². The molecule has 6 heteroatoms. The Hall–Kier alpha value is -1.69. The van der Waals surface area contributed by atoms with E-state index in [2.05, 4.69) is 21.2 Å². The highest BCUT2D eigenvalue weighted by Crippen LogP contribution is 2.09. The zero-order chi connectivity index (χ0) is 15.8. The fourth-order valence-corrected chi connectivity index (χ4v) is 2.02. The number of rotatable bonds is 7. The summed E-state index contributed by atoms with van der Waals surface area (Å²) in [4.78, 5) is 34.5. The molecule has 1 unspecified atom stereocenters. The zero-order valence-corrected chi connectivity index (χ0v) is 13.6. The summed E-state index contributed by atoms with van der Waals surface area (Å²) in [5.74, 6) is -0.527. The maximum absolute atomic E-state index is 11.7. The van der Waals surface area contributed by atoms with Crippen molar-refractivity contribution in [3.63, 3.8) is 0 Å². The normalized spacial score (nSPS) is 11.8. The monoisotopic (exact) mass is 355 g/mol. The van der Waals surface area contributed by atoms with Crippen LogP contribution in [0.4, 0.5) is 4.79 Å². The van der Waals surface area contributed by atoms with Crippen LogP contribution in [0, 0.1) is 5.92 Å². The largest absolute Gasteiger partial charge is 0.445 e. The van der Waals surface area contributed by atoms with Crippen LogP contribution in [0.1, 0.15) is 25.8 Å². The molecule has 0 bridgehead atoms. The quantitative estimate of drug-likeness (QED) is 0.602. The second-order valence-electron chi connectivity index (χ2n) is 5.03. The number of hydrogen-bond acceptors (Lipinski definition) is 4. The lowest BCUT2D eigenvalue weighted by atomic mass is 10.0. The van der Waals surface area contributed by atoms with Crippen LogP contribution in [0.15, 0.2) is 30.3 Å². The van der Waals surface area contributed by atoms with E-state index in [9.17, 15) is 14.4 Å². The predicted molar refractivity (Wildman–Crippen MR) is 81.9 cm³/mol. The van der Waals surface area contributed by atoms with E-state index in [1.165, 1.54) is 0 Å². The molecule has 1 aromatic carbocycles. The molecular weight excluding hydrogens is 338 g/mol. The Morgan fingerprint density at radius 2 is 1.81 bits per heavy atom. The lowest BCUT2D eigenvalue weighted by Gasteiger charge is -2.17. The number of carbonyl (C=O) groups excluding carboxylic acids is 3. The van der Waals surface area contributed by atoms with Gasteiger partial charge in [0.15, 0.2) is 0 Å². The Balaban J connectivity index is 2.55. The minimum Gasteiger partial charge on any atom is -0.445 e. The lowest BCUT2D eigenvalue weighted by molar-refractivity contribution is -0.132.